The number of rotatable bonds is 10. The maximum Gasteiger partial charge on any atom is 0.326 e. The molecular weight excluding hydrogens is 376 g/mol. The first-order valence-corrected chi connectivity index (χ1v) is 10.3. The van der Waals surface area contributed by atoms with Crippen molar-refractivity contribution in [3.8, 4) is 0 Å². The van der Waals surface area contributed by atoms with Crippen LogP contribution in [0, 0.1) is 11.8 Å². The van der Waals surface area contributed by atoms with Gasteiger partial charge in [0.2, 0.25) is 17.7 Å². The van der Waals surface area contributed by atoms with Crippen LogP contribution in [0.1, 0.15) is 60.3 Å². The Morgan fingerprint density at radius 2 is 1.55 bits per heavy atom. The van der Waals surface area contributed by atoms with E-state index in [2.05, 4.69) is 10.6 Å². The standard InChI is InChI=1S/C20H36N4O5/c1-11(2)9-14(22-17(25)13(5)21)19(27)24-8-6-7-16(24)18(26)23-15(20(28)29)10-12(3)4/h11-16H,6-10,21H2,1-5H3,(H,22,25)(H,23,26)(H,28,29). The zero-order valence-electron chi connectivity index (χ0n) is 18.1. The predicted octanol–water partition coefficient (Wildman–Crippen LogP) is 0.471. The molecule has 1 heterocycles. The SMILES string of the molecule is CC(C)CC(NC(=O)C1CCCN1C(=O)C(CC(C)C)NC(=O)C(C)N)C(=O)O. The van der Waals surface area contributed by atoms with Crippen LogP contribution in [0.15, 0.2) is 0 Å². The number of amides is 3. The molecule has 0 aromatic heterocycles. The number of carboxylic acid groups (broad SMARTS) is 1. The van der Waals surface area contributed by atoms with E-state index < -0.39 is 42.0 Å². The zero-order chi connectivity index (χ0) is 22.3. The van der Waals surface area contributed by atoms with Gasteiger partial charge in [0, 0.05) is 6.54 Å². The predicted molar refractivity (Wildman–Crippen MR) is 109 cm³/mol. The maximum atomic E-state index is 13.1. The monoisotopic (exact) mass is 412 g/mol. The van der Waals surface area contributed by atoms with Crippen molar-refractivity contribution < 1.29 is 24.3 Å². The quantitative estimate of drug-likeness (QED) is 0.411. The van der Waals surface area contributed by atoms with Gasteiger partial charge in [0.15, 0.2) is 0 Å². The largest absolute Gasteiger partial charge is 0.480 e. The molecule has 29 heavy (non-hydrogen) atoms. The average molecular weight is 413 g/mol. The van der Waals surface area contributed by atoms with Gasteiger partial charge in [0.1, 0.15) is 18.1 Å². The zero-order valence-corrected chi connectivity index (χ0v) is 18.1. The van der Waals surface area contributed by atoms with Crippen molar-refractivity contribution in [2.45, 2.75) is 84.5 Å². The van der Waals surface area contributed by atoms with Gasteiger partial charge in [-0.25, -0.2) is 4.79 Å². The normalized spacial score (nSPS) is 19.7. The third kappa shape index (κ3) is 7.64. The summed E-state index contributed by atoms with van der Waals surface area (Å²) in [7, 11) is 0. The van der Waals surface area contributed by atoms with Gasteiger partial charge in [0.25, 0.3) is 0 Å². The minimum atomic E-state index is -1.09. The molecule has 1 aliphatic heterocycles. The molecule has 0 bridgehead atoms. The number of carboxylic acids is 1. The van der Waals surface area contributed by atoms with E-state index in [0.717, 1.165) is 0 Å². The van der Waals surface area contributed by atoms with E-state index in [4.69, 9.17) is 5.73 Å². The van der Waals surface area contributed by atoms with Crippen LogP contribution in [0.25, 0.3) is 0 Å². The maximum absolute atomic E-state index is 13.1. The molecule has 1 saturated heterocycles. The summed E-state index contributed by atoms with van der Waals surface area (Å²) >= 11 is 0. The fraction of sp³-hybridized carbons (Fsp3) is 0.800. The highest BCUT2D eigenvalue weighted by atomic mass is 16.4. The van der Waals surface area contributed by atoms with Crippen LogP contribution in [0.3, 0.4) is 0 Å². The Labute approximate surface area is 172 Å². The Kier molecular flexibility index (Phi) is 9.55. The van der Waals surface area contributed by atoms with E-state index in [1.54, 1.807) is 6.92 Å². The second-order valence-electron chi connectivity index (χ2n) is 8.70. The summed E-state index contributed by atoms with van der Waals surface area (Å²) in [4.78, 5) is 50.8. The number of carbonyl (C=O) groups excluding carboxylic acids is 3. The minimum absolute atomic E-state index is 0.0987. The Morgan fingerprint density at radius 3 is 2.03 bits per heavy atom. The van der Waals surface area contributed by atoms with Gasteiger partial charge in [-0.3, -0.25) is 14.4 Å². The first-order chi connectivity index (χ1) is 13.4. The second kappa shape index (κ2) is 11.1. The number of nitrogens with one attached hydrogen (secondary N) is 2. The fourth-order valence-electron chi connectivity index (χ4n) is 3.46. The number of likely N-dealkylation sites (tertiary alicyclic amines) is 1. The molecule has 0 aromatic carbocycles. The highest BCUT2D eigenvalue weighted by molar-refractivity contribution is 5.94. The molecule has 0 aromatic rings. The van der Waals surface area contributed by atoms with Crippen molar-refractivity contribution in [3.05, 3.63) is 0 Å². The molecule has 1 rings (SSSR count). The van der Waals surface area contributed by atoms with Crippen molar-refractivity contribution in [1.29, 1.82) is 0 Å². The summed E-state index contributed by atoms with van der Waals surface area (Å²) in [6, 6.07) is -3.25. The number of nitrogens with two attached hydrogens (primary N) is 1. The van der Waals surface area contributed by atoms with Crippen LogP contribution in [-0.4, -0.2) is 64.4 Å². The smallest absolute Gasteiger partial charge is 0.326 e. The molecular formula is C20H36N4O5. The number of hydrogen-bond acceptors (Lipinski definition) is 5. The Balaban J connectivity index is 2.93. The van der Waals surface area contributed by atoms with Crippen molar-refractivity contribution in [2.24, 2.45) is 17.6 Å². The summed E-state index contributed by atoms with van der Waals surface area (Å²) in [5.74, 6) is -2.07. The van der Waals surface area contributed by atoms with Crippen molar-refractivity contribution in [3.63, 3.8) is 0 Å². The van der Waals surface area contributed by atoms with Crippen molar-refractivity contribution >= 4 is 23.7 Å². The van der Waals surface area contributed by atoms with Crippen LogP contribution in [0.5, 0.6) is 0 Å². The number of nitrogens with zero attached hydrogens (tertiary/aromatic N) is 1. The minimum Gasteiger partial charge on any atom is -0.480 e. The highest BCUT2D eigenvalue weighted by Gasteiger charge is 2.39. The second-order valence-corrected chi connectivity index (χ2v) is 8.70. The first-order valence-electron chi connectivity index (χ1n) is 10.3. The lowest BCUT2D eigenvalue weighted by Crippen LogP contribution is -2.56. The van der Waals surface area contributed by atoms with Gasteiger partial charge >= 0.3 is 5.97 Å². The van der Waals surface area contributed by atoms with E-state index in [1.165, 1.54) is 4.90 Å². The fourth-order valence-corrected chi connectivity index (χ4v) is 3.46. The molecule has 0 radical (unpaired) electrons. The summed E-state index contributed by atoms with van der Waals surface area (Å²) in [5, 5.41) is 14.6. The molecule has 0 spiro atoms. The van der Waals surface area contributed by atoms with Crippen LogP contribution in [0.2, 0.25) is 0 Å². The summed E-state index contributed by atoms with van der Waals surface area (Å²) in [5.41, 5.74) is 5.61. The highest BCUT2D eigenvalue weighted by Crippen LogP contribution is 2.21. The van der Waals surface area contributed by atoms with Crippen molar-refractivity contribution in [1.82, 2.24) is 15.5 Å². The molecule has 4 unspecified atom stereocenters. The topological polar surface area (TPSA) is 142 Å². The van der Waals surface area contributed by atoms with Crippen LogP contribution < -0.4 is 16.4 Å². The third-order valence-electron chi connectivity index (χ3n) is 4.90. The van der Waals surface area contributed by atoms with E-state index in [9.17, 15) is 24.3 Å². The van der Waals surface area contributed by atoms with E-state index >= 15 is 0 Å². The molecule has 166 valence electrons. The molecule has 1 fully saturated rings. The Hall–Kier alpha value is -2.16. The van der Waals surface area contributed by atoms with Crippen LogP contribution in [0.4, 0.5) is 0 Å². The van der Waals surface area contributed by atoms with E-state index in [0.29, 0.717) is 32.2 Å². The summed E-state index contributed by atoms with van der Waals surface area (Å²) < 4.78 is 0. The molecule has 1 aliphatic rings. The van der Waals surface area contributed by atoms with Gasteiger partial charge in [0.05, 0.1) is 6.04 Å². The van der Waals surface area contributed by atoms with Crippen LogP contribution in [-0.2, 0) is 19.2 Å². The molecule has 5 N–H and O–H groups in total. The molecule has 9 nitrogen and oxygen atoms in total. The lowest BCUT2D eigenvalue weighted by Gasteiger charge is -2.30. The first kappa shape index (κ1) is 24.9. The number of hydrogen-bond donors (Lipinski definition) is 4. The van der Waals surface area contributed by atoms with E-state index in [1.807, 2.05) is 27.7 Å². The lowest BCUT2D eigenvalue weighted by molar-refractivity contribution is -0.145. The van der Waals surface area contributed by atoms with Gasteiger partial charge in [-0.05, 0) is 44.4 Å². The Bertz CT molecular complexity index is 606. The molecule has 9 heteroatoms. The third-order valence-corrected chi connectivity index (χ3v) is 4.90. The Morgan fingerprint density at radius 1 is 1.00 bits per heavy atom. The van der Waals surface area contributed by atoms with Gasteiger partial charge in [-0.2, -0.15) is 0 Å². The molecule has 0 aliphatic carbocycles. The molecule has 0 saturated carbocycles. The van der Waals surface area contributed by atoms with E-state index in [-0.39, 0.29) is 17.7 Å². The average Bonchev–Trinajstić information content (AvgIpc) is 3.08. The van der Waals surface area contributed by atoms with Gasteiger partial charge in [-0.15, -0.1) is 0 Å². The molecule has 4 atom stereocenters. The van der Waals surface area contributed by atoms with Gasteiger partial charge in [-0.1, -0.05) is 27.7 Å². The van der Waals surface area contributed by atoms with Crippen molar-refractivity contribution in [2.75, 3.05) is 6.54 Å². The molecule has 3 amide bonds. The van der Waals surface area contributed by atoms with Crippen LogP contribution >= 0.6 is 0 Å². The lowest BCUT2D eigenvalue weighted by atomic mass is 10.0. The summed E-state index contributed by atoms with van der Waals surface area (Å²) in [6.07, 6.45) is 1.83. The summed E-state index contributed by atoms with van der Waals surface area (Å²) in [6.45, 7) is 9.57. The number of carbonyl (C=O) groups is 4. The van der Waals surface area contributed by atoms with Gasteiger partial charge < -0.3 is 26.4 Å². The number of aliphatic carboxylic acids is 1.